The number of nitrogens with zero attached hydrogens (tertiary/aromatic N) is 2. The lowest BCUT2D eigenvalue weighted by Gasteiger charge is -2.09. The Hall–Kier alpha value is -1.69. The molecule has 0 saturated carbocycles. The summed E-state index contributed by atoms with van der Waals surface area (Å²) >= 11 is 0. The lowest BCUT2D eigenvalue weighted by atomic mass is 10.3. The highest BCUT2D eigenvalue weighted by molar-refractivity contribution is 5.39. The highest BCUT2D eigenvalue weighted by Crippen LogP contribution is 2.25. The molecule has 0 unspecified atom stereocenters. The zero-order chi connectivity index (χ0) is 10.7. The number of aromatic nitrogens is 1. The van der Waals surface area contributed by atoms with Gasteiger partial charge in [-0.05, 0) is 6.07 Å². The summed E-state index contributed by atoms with van der Waals surface area (Å²) in [6, 6.07) is 2.88. The Morgan fingerprint density at radius 2 is 2.53 bits per heavy atom. The summed E-state index contributed by atoms with van der Waals surface area (Å²) in [4.78, 5) is 14.0. The van der Waals surface area contributed by atoms with E-state index in [4.69, 9.17) is 9.47 Å². The molecule has 15 heavy (non-hydrogen) atoms. The van der Waals surface area contributed by atoms with Gasteiger partial charge in [0.2, 0.25) is 0 Å². The number of ether oxygens (including phenoxy) is 2. The Labute approximate surface area is 86.0 Å². The smallest absolute Gasteiger partial charge is 0.330 e. The van der Waals surface area contributed by atoms with Crippen molar-refractivity contribution in [2.45, 2.75) is 12.5 Å². The molecule has 2 heterocycles. The second kappa shape index (κ2) is 4.22. The molecule has 6 nitrogen and oxygen atoms in total. The van der Waals surface area contributed by atoms with E-state index in [1.165, 1.54) is 18.3 Å². The molecule has 0 spiro atoms. The minimum absolute atomic E-state index is 0.0676. The quantitative estimate of drug-likeness (QED) is 0.552. The molecule has 0 amide bonds. The van der Waals surface area contributed by atoms with Gasteiger partial charge in [0, 0.05) is 18.7 Å². The Bertz CT molecular complexity index is 363. The van der Waals surface area contributed by atoms with Gasteiger partial charge in [0.15, 0.2) is 0 Å². The second-order valence-electron chi connectivity index (χ2n) is 3.19. The summed E-state index contributed by atoms with van der Waals surface area (Å²) in [6.45, 7) is 1.10. The van der Waals surface area contributed by atoms with Gasteiger partial charge in [0.05, 0.1) is 18.1 Å². The first kappa shape index (κ1) is 9.85. The largest absolute Gasteiger partial charge is 0.467 e. The van der Waals surface area contributed by atoms with Crippen molar-refractivity contribution in [3.63, 3.8) is 0 Å². The molecule has 0 radical (unpaired) electrons. The minimum Gasteiger partial charge on any atom is -0.467 e. The van der Waals surface area contributed by atoms with E-state index in [1.807, 2.05) is 0 Å². The van der Waals surface area contributed by atoms with Gasteiger partial charge in [-0.25, -0.2) is 4.98 Å². The van der Waals surface area contributed by atoms with Crippen LogP contribution >= 0.6 is 0 Å². The normalized spacial score (nSPS) is 20.1. The molecule has 0 bridgehead atoms. The van der Waals surface area contributed by atoms with E-state index in [9.17, 15) is 10.1 Å². The minimum atomic E-state index is -0.502. The SMILES string of the molecule is O=[N+]([O-])c1cccnc1O[C@H]1CCOC1. The van der Waals surface area contributed by atoms with Crippen molar-refractivity contribution in [1.29, 1.82) is 0 Å². The first-order chi connectivity index (χ1) is 7.27. The first-order valence-electron chi connectivity index (χ1n) is 4.61. The third-order valence-corrected chi connectivity index (χ3v) is 2.11. The summed E-state index contributed by atoms with van der Waals surface area (Å²) < 4.78 is 10.5. The maximum absolute atomic E-state index is 10.6. The van der Waals surface area contributed by atoms with Crippen molar-refractivity contribution >= 4 is 5.69 Å². The lowest BCUT2D eigenvalue weighted by molar-refractivity contribution is -0.386. The van der Waals surface area contributed by atoms with Gasteiger partial charge in [-0.3, -0.25) is 10.1 Å². The fourth-order valence-electron chi connectivity index (χ4n) is 1.38. The second-order valence-corrected chi connectivity index (χ2v) is 3.19. The number of pyridine rings is 1. The summed E-state index contributed by atoms with van der Waals surface area (Å²) in [5.41, 5.74) is -0.107. The van der Waals surface area contributed by atoms with Gasteiger partial charge in [0.1, 0.15) is 6.10 Å². The highest BCUT2D eigenvalue weighted by atomic mass is 16.6. The van der Waals surface area contributed by atoms with Gasteiger partial charge >= 0.3 is 5.69 Å². The van der Waals surface area contributed by atoms with Crippen molar-refractivity contribution < 1.29 is 14.4 Å². The number of hydrogen-bond acceptors (Lipinski definition) is 5. The van der Waals surface area contributed by atoms with Gasteiger partial charge in [-0.1, -0.05) is 0 Å². The molecule has 6 heteroatoms. The van der Waals surface area contributed by atoms with Gasteiger partial charge < -0.3 is 9.47 Å². The Kier molecular flexibility index (Phi) is 2.77. The van der Waals surface area contributed by atoms with Crippen LogP contribution in [0.15, 0.2) is 18.3 Å². The lowest BCUT2D eigenvalue weighted by Crippen LogP contribution is -2.17. The van der Waals surface area contributed by atoms with E-state index >= 15 is 0 Å². The van der Waals surface area contributed by atoms with E-state index in [-0.39, 0.29) is 17.7 Å². The maximum Gasteiger partial charge on any atom is 0.330 e. The summed E-state index contributed by atoms with van der Waals surface area (Å²) in [7, 11) is 0. The molecule has 2 rings (SSSR count). The highest BCUT2D eigenvalue weighted by Gasteiger charge is 2.23. The van der Waals surface area contributed by atoms with Crippen molar-refractivity contribution in [1.82, 2.24) is 4.98 Å². The van der Waals surface area contributed by atoms with Gasteiger partial charge in [-0.15, -0.1) is 0 Å². The number of hydrogen-bond donors (Lipinski definition) is 0. The van der Waals surface area contributed by atoms with Crippen LogP contribution in [0.5, 0.6) is 5.88 Å². The van der Waals surface area contributed by atoms with Crippen LogP contribution in [0.3, 0.4) is 0 Å². The molecule has 1 aromatic heterocycles. The Morgan fingerprint density at radius 3 is 3.20 bits per heavy atom. The molecule has 1 aromatic rings. The van der Waals surface area contributed by atoms with E-state index in [0.29, 0.717) is 13.2 Å². The van der Waals surface area contributed by atoms with Gasteiger partial charge in [0.25, 0.3) is 5.88 Å². The third kappa shape index (κ3) is 2.21. The molecule has 1 saturated heterocycles. The summed E-state index contributed by atoms with van der Waals surface area (Å²) in [5.74, 6) is 0.0676. The standard InChI is InChI=1S/C9H10N2O4/c12-11(13)8-2-1-4-10-9(8)15-7-3-5-14-6-7/h1-2,4,7H,3,5-6H2/t7-/m0/s1. The topological polar surface area (TPSA) is 74.5 Å². The van der Waals surface area contributed by atoms with Crippen LogP contribution in [-0.2, 0) is 4.74 Å². The van der Waals surface area contributed by atoms with E-state index in [0.717, 1.165) is 6.42 Å². The van der Waals surface area contributed by atoms with Crippen LogP contribution in [0.2, 0.25) is 0 Å². The molecular formula is C9H10N2O4. The summed E-state index contributed by atoms with van der Waals surface area (Å²) in [6.07, 6.45) is 2.09. The van der Waals surface area contributed by atoms with Crippen LogP contribution in [0.25, 0.3) is 0 Å². The predicted molar refractivity (Wildman–Crippen MR) is 50.7 cm³/mol. The van der Waals surface area contributed by atoms with Crippen molar-refractivity contribution in [2.24, 2.45) is 0 Å². The van der Waals surface area contributed by atoms with Crippen molar-refractivity contribution in [3.05, 3.63) is 28.4 Å². The van der Waals surface area contributed by atoms with Crippen molar-refractivity contribution in [2.75, 3.05) is 13.2 Å². The maximum atomic E-state index is 10.6. The predicted octanol–water partition coefficient (Wildman–Crippen LogP) is 1.16. The van der Waals surface area contributed by atoms with Crippen LogP contribution in [-0.4, -0.2) is 29.2 Å². The van der Waals surface area contributed by atoms with Crippen LogP contribution in [0.1, 0.15) is 6.42 Å². The average Bonchev–Trinajstić information content (AvgIpc) is 2.71. The van der Waals surface area contributed by atoms with Crippen LogP contribution in [0, 0.1) is 10.1 Å². The molecule has 1 aliphatic heterocycles. The van der Waals surface area contributed by atoms with Crippen molar-refractivity contribution in [3.8, 4) is 5.88 Å². The number of nitro groups is 1. The van der Waals surface area contributed by atoms with Gasteiger partial charge in [-0.2, -0.15) is 0 Å². The molecule has 0 N–H and O–H groups in total. The number of rotatable bonds is 3. The third-order valence-electron chi connectivity index (χ3n) is 2.11. The molecule has 80 valence electrons. The molecule has 0 aliphatic carbocycles. The molecule has 1 aliphatic rings. The Balaban J connectivity index is 2.15. The fourth-order valence-corrected chi connectivity index (χ4v) is 1.38. The zero-order valence-corrected chi connectivity index (χ0v) is 7.96. The van der Waals surface area contributed by atoms with E-state index in [2.05, 4.69) is 4.98 Å². The molecular weight excluding hydrogens is 200 g/mol. The van der Waals surface area contributed by atoms with E-state index in [1.54, 1.807) is 0 Å². The molecule has 1 fully saturated rings. The summed E-state index contributed by atoms with van der Waals surface area (Å²) in [5, 5.41) is 10.6. The van der Waals surface area contributed by atoms with Crippen LogP contribution in [0.4, 0.5) is 5.69 Å². The molecule has 1 atom stereocenters. The molecule has 0 aromatic carbocycles. The monoisotopic (exact) mass is 210 g/mol. The average molecular weight is 210 g/mol. The van der Waals surface area contributed by atoms with Crippen LogP contribution < -0.4 is 4.74 Å². The fraction of sp³-hybridized carbons (Fsp3) is 0.444. The Morgan fingerprint density at radius 1 is 1.67 bits per heavy atom. The zero-order valence-electron chi connectivity index (χ0n) is 7.96. The van der Waals surface area contributed by atoms with E-state index < -0.39 is 4.92 Å². The first-order valence-corrected chi connectivity index (χ1v) is 4.61.